The molecule has 0 saturated carbocycles. The Bertz CT molecular complexity index is 662. The molecule has 0 radical (unpaired) electrons. The maximum atomic E-state index is 13.0. The largest absolute Gasteiger partial charge is 0.380 e. The Balaban J connectivity index is 1.63. The summed E-state index contributed by atoms with van der Waals surface area (Å²) in [7, 11) is 0. The number of amides is 2. The number of likely N-dealkylation sites (tertiary alicyclic amines) is 2. The molecule has 26 heavy (non-hydrogen) atoms. The topological polar surface area (TPSA) is 67.7 Å². The summed E-state index contributed by atoms with van der Waals surface area (Å²) in [6, 6.07) is 1.86. The average molecular weight is 362 g/mol. The molecule has 0 unspecified atom stereocenters. The van der Waals surface area contributed by atoms with Gasteiger partial charge in [0.25, 0.3) is 5.91 Å². The molecule has 1 aromatic heterocycles. The van der Waals surface area contributed by atoms with E-state index in [9.17, 15) is 9.59 Å². The van der Waals surface area contributed by atoms with Gasteiger partial charge in [0, 0.05) is 44.6 Å². The maximum Gasteiger partial charge on any atom is 0.272 e. The van der Waals surface area contributed by atoms with Crippen molar-refractivity contribution >= 4 is 11.8 Å². The molecule has 2 fully saturated rings. The third-order valence-corrected chi connectivity index (χ3v) is 5.67. The van der Waals surface area contributed by atoms with Crippen LogP contribution < -0.4 is 0 Å². The van der Waals surface area contributed by atoms with Crippen LogP contribution in [0.25, 0.3) is 0 Å². The first-order valence-corrected chi connectivity index (χ1v) is 9.67. The number of hydrogen-bond donors (Lipinski definition) is 0. The normalized spacial score (nSPS) is 19.6. The minimum absolute atomic E-state index is 0.0358. The van der Waals surface area contributed by atoms with Crippen LogP contribution in [0.5, 0.6) is 0 Å². The van der Waals surface area contributed by atoms with Crippen molar-refractivity contribution in [2.75, 3.05) is 39.4 Å². The lowest BCUT2D eigenvalue weighted by Gasteiger charge is -2.38. The minimum atomic E-state index is 0.0358. The first kappa shape index (κ1) is 18.9. The van der Waals surface area contributed by atoms with E-state index in [0.717, 1.165) is 31.6 Å². The SMILES string of the molecule is CCOCCn1nc(C)cc1C(=O)N1CCC2(CC1)CC(=O)N(CC)C2. The predicted molar refractivity (Wildman–Crippen MR) is 97.9 cm³/mol. The van der Waals surface area contributed by atoms with Gasteiger partial charge in [0.05, 0.1) is 18.8 Å². The highest BCUT2D eigenvalue weighted by atomic mass is 16.5. The van der Waals surface area contributed by atoms with Gasteiger partial charge in [-0.2, -0.15) is 5.10 Å². The standard InChI is InChI=1S/C19H30N4O3/c1-4-21-14-19(13-17(21)24)6-8-22(9-7-19)18(25)16-12-15(3)20-23(16)10-11-26-5-2/h12H,4-11,13-14H2,1-3H3. The molecule has 2 saturated heterocycles. The Hall–Kier alpha value is -1.89. The van der Waals surface area contributed by atoms with Gasteiger partial charge in [-0.25, -0.2) is 0 Å². The molecule has 1 aromatic rings. The number of ether oxygens (including phenoxy) is 1. The van der Waals surface area contributed by atoms with Gasteiger partial charge in [0.1, 0.15) is 5.69 Å². The van der Waals surface area contributed by atoms with E-state index in [2.05, 4.69) is 5.10 Å². The maximum absolute atomic E-state index is 13.0. The summed E-state index contributed by atoms with van der Waals surface area (Å²) >= 11 is 0. The van der Waals surface area contributed by atoms with Crippen LogP contribution in [0.3, 0.4) is 0 Å². The molecular weight excluding hydrogens is 332 g/mol. The van der Waals surface area contributed by atoms with Crippen molar-refractivity contribution in [2.45, 2.75) is 46.6 Å². The molecule has 0 atom stereocenters. The Morgan fingerprint density at radius 2 is 2.04 bits per heavy atom. The third-order valence-electron chi connectivity index (χ3n) is 5.67. The molecule has 2 aliphatic rings. The van der Waals surface area contributed by atoms with Crippen molar-refractivity contribution < 1.29 is 14.3 Å². The van der Waals surface area contributed by atoms with E-state index < -0.39 is 0 Å². The van der Waals surface area contributed by atoms with Crippen LogP contribution >= 0.6 is 0 Å². The Morgan fingerprint density at radius 1 is 1.31 bits per heavy atom. The molecule has 0 aliphatic carbocycles. The molecule has 7 heteroatoms. The summed E-state index contributed by atoms with van der Waals surface area (Å²) in [4.78, 5) is 29.0. The number of hydrogen-bond acceptors (Lipinski definition) is 4. The first-order chi connectivity index (χ1) is 12.5. The van der Waals surface area contributed by atoms with Crippen LogP contribution in [0.4, 0.5) is 0 Å². The van der Waals surface area contributed by atoms with Gasteiger partial charge in [0.2, 0.25) is 5.91 Å². The number of rotatable bonds is 6. The van der Waals surface area contributed by atoms with E-state index in [1.165, 1.54) is 0 Å². The fourth-order valence-electron chi connectivity index (χ4n) is 4.13. The number of aromatic nitrogens is 2. The number of nitrogens with zero attached hydrogens (tertiary/aromatic N) is 4. The zero-order chi connectivity index (χ0) is 18.7. The Morgan fingerprint density at radius 3 is 2.65 bits per heavy atom. The number of carbonyl (C=O) groups is 2. The van der Waals surface area contributed by atoms with Crippen molar-refractivity contribution in [3.8, 4) is 0 Å². The fourth-order valence-corrected chi connectivity index (χ4v) is 4.13. The van der Waals surface area contributed by atoms with Gasteiger partial charge in [-0.3, -0.25) is 14.3 Å². The van der Waals surface area contributed by atoms with Crippen LogP contribution in [0.1, 0.15) is 49.3 Å². The monoisotopic (exact) mass is 362 g/mol. The van der Waals surface area contributed by atoms with Gasteiger partial charge in [-0.1, -0.05) is 0 Å². The first-order valence-electron chi connectivity index (χ1n) is 9.67. The van der Waals surface area contributed by atoms with Crippen molar-refractivity contribution in [1.82, 2.24) is 19.6 Å². The fraction of sp³-hybridized carbons (Fsp3) is 0.737. The van der Waals surface area contributed by atoms with Gasteiger partial charge < -0.3 is 14.5 Å². The van der Waals surface area contributed by atoms with Gasteiger partial charge in [-0.05, 0) is 39.7 Å². The number of piperidine rings is 1. The van der Waals surface area contributed by atoms with Crippen molar-refractivity contribution in [2.24, 2.45) is 5.41 Å². The zero-order valence-electron chi connectivity index (χ0n) is 16.2. The van der Waals surface area contributed by atoms with Crippen molar-refractivity contribution in [3.05, 3.63) is 17.5 Å². The molecule has 0 bridgehead atoms. The molecule has 1 spiro atoms. The predicted octanol–water partition coefficient (Wildman–Crippen LogP) is 1.70. The molecular formula is C19H30N4O3. The smallest absolute Gasteiger partial charge is 0.272 e. The summed E-state index contributed by atoms with van der Waals surface area (Å²) in [6.45, 7) is 10.7. The van der Waals surface area contributed by atoms with E-state index >= 15 is 0 Å². The number of aryl methyl sites for hydroxylation is 1. The average Bonchev–Trinajstić information content (AvgIpc) is 3.15. The lowest BCUT2D eigenvalue weighted by atomic mass is 9.77. The molecule has 3 rings (SSSR count). The molecule has 0 aromatic carbocycles. The van der Waals surface area contributed by atoms with E-state index in [1.807, 2.05) is 36.6 Å². The minimum Gasteiger partial charge on any atom is -0.380 e. The summed E-state index contributed by atoms with van der Waals surface area (Å²) in [5, 5.41) is 4.44. The highest BCUT2D eigenvalue weighted by Gasteiger charge is 2.45. The molecule has 2 aliphatic heterocycles. The van der Waals surface area contributed by atoms with E-state index in [1.54, 1.807) is 4.68 Å². The van der Waals surface area contributed by atoms with Crippen LogP contribution in [-0.2, 0) is 16.1 Å². The Labute approximate surface area is 155 Å². The quantitative estimate of drug-likeness (QED) is 0.723. The second kappa shape index (κ2) is 7.78. The van der Waals surface area contributed by atoms with Gasteiger partial charge >= 0.3 is 0 Å². The number of carbonyl (C=O) groups excluding carboxylic acids is 2. The molecule has 3 heterocycles. The Kier molecular flexibility index (Phi) is 5.65. The van der Waals surface area contributed by atoms with Crippen molar-refractivity contribution in [1.29, 1.82) is 0 Å². The third kappa shape index (κ3) is 3.77. The lowest BCUT2D eigenvalue weighted by Crippen LogP contribution is -2.44. The second-order valence-corrected chi connectivity index (χ2v) is 7.47. The van der Waals surface area contributed by atoms with Gasteiger partial charge in [0.15, 0.2) is 0 Å². The van der Waals surface area contributed by atoms with E-state index in [4.69, 9.17) is 4.74 Å². The zero-order valence-corrected chi connectivity index (χ0v) is 16.2. The summed E-state index contributed by atoms with van der Waals surface area (Å²) < 4.78 is 7.16. The highest BCUT2D eigenvalue weighted by Crippen LogP contribution is 2.41. The van der Waals surface area contributed by atoms with Crippen LogP contribution in [0.2, 0.25) is 0 Å². The van der Waals surface area contributed by atoms with E-state index in [0.29, 0.717) is 45.0 Å². The van der Waals surface area contributed by atoms with Crippen LogP contribution in [0, 0.1) is 12.3 Å². The summed E-state index contributed by atoms with van der Waals surface area (Å²) in [5.74, 6) is 0.297. The van der Waals surface area contributed by atoms with Crippen LogP contribution in [0.15, 0.2) is 6.07 Å². The lowest BCUT2D eigenvalue weighted by molar-refractivity contribution is -0.127. The van der Waals surface area contributed by atoms with Crippen molar-refractivity contribution in [3.63, 3.8) is 0 Å². The molecule has 2 amide bonds. The van der Waals surface area contributed by atoms with Crippen LogP contribution in [-0.4, -0.2) is 70.8 Å². The summed E-state index contributed by atoms with van der Waals surface area (Å²) in [6.07, 6.45) is 2.42. The molecule has 144 valence electrons. The second-order valence-electron chi connectivity index (χ2n) is 7.47. The highest BCUT2D eigenvalue weighted by molar-refractivity contribution is 5.92. The van der Waals surface area contributed by atoms with Gasteiger partial charge in [-0.15, -0.1) is 0 Å². The summed E-state index contributed by atoms with van der Waals surface area (Å²) in [5.41, 5.74) is 1.55. The molecule has 0 N–H and O–H groups in total. The van der Waals surface area contributed by atoms with E-state index in [-0.39, 0.29) is 17.2 Å². The molecule has 7 nitrogen and oxygen atoms in total.